The topological polar surface area (TPSA) is 62.8 Å². The second kappa shape index (κ2) is 12.4. The molecule has 6 rings (SSSR count). The average Bonchev–Trinajstić information content (AvgIpc) is 3.49. The number of hydrogen-bond acceptors (Lipinski definition) is 4. The molecule has 4 aromatic rings. The molecule has 2 N–H and O–H groups in total. The summed E-state index contributed by atoms with van der Waals surface area (Å²) in [5, 5.41) is 6.50. The SMILES string of the molecule is COc1ccc2cc(-c3nc(C(C)(C)CNC(C4CCCCC4)C4CCCCC4)[nH]c3-c3ccncc3)ccc2c1. The summed E-state index contributed by atoms with van der Waals surface area (Å²) in [4.78, 5) is 13.4. The van der Waals surface area contributed by atoms with Crippen molar-refractivity contribution in [1.29, 1.82) is 0 Å². The molecule has 5 nitrogen and oxygen atoms in total. The largest absolute Gasteiger partial charge is 0.497 e. The third kappa shape index (κ3) is 6.21. The molecule has 5 heteroatoms. The highest BCUT2D eigenvalue weighted by molar-refractivity contribution is 5.90. The molecule has 0 atom stereocenters. The standard InChI is InChI=1S/C36H46N4O/c1-36(2,24-38-32(25-10-6-4-7-11-25)26-12-8-5-9-13-26)35-39-33(27-18-20-37-21-19-27)34(40-35)30-15-14-29-23-31(41-3)17-16-28(29)22-30/h14-23,25-26,32,38H,4-13,24H2,1-3H3,(H,39,40). The van der Waals surface area contributed by atoms with Crippen LogP contribution in [-0.4, -0.2) is 34.6 Å². The first kappa shape index (κ1) is 28.0. The monoisotopic (exact) mass is 550 g/mol. The Morgan fingerprint density at radius 1 is 0.829 bits per heavy atom. The molecule has 2 heterocycles. The van der Waals surface area contributed by atoms with Crippen LogP contribution in [0.25, 0.3) is 33.3 Å². The minimum Gasteiger partial charge on any atom is -0.497 e. The predicted octanol–water partition coefficient (Wildman–Crippen LogP) is 8.70. The van der Waals surface area contributed by atoms with Gasteiger partial charge in [-0.2, -0.15) is 0 Å². The van der Waals surface area contributed by atoms with Crippen molar-refractivity contribution in [2.45, 2.75) is 89.5 Å². The van der Waals surface area contributed by atoms with Gasteiger partial charge in [0.1, 0.15) is 11.6 Å². The first-order valence-electron chi connectivity index (χ1n) is 15.8. The van der Waals surface area contributed by atoms with Crippen molar-refractivity contribution in [3.05, 3.63) is 66.7 Å². The lowest BCUT2D eigenvalue weighted by atomic mass is 9.73. The van der Waals surface area contributed by atoms with Crippen LogP contribution in [0.4, 0.5) is 0 Å². The second-order valence-electron chi connectivity index (χ2n) is 13.1. The molecule has 41 heavy (non-hydrogen) atoms. The maximum Gasteiger partial charge on any atom is 0.119 e. The van der Waals surface area contributed by atoms with Gasteiger partial charge in [-0.3, -0.25) is 4.98 Å². The summed E-state index contributed by atoms with van der Waals surface area (Å²) in [6.45, 7) is 5.60. The van der Waals surface area contributed by atoms with Crippen LogP contribution in [0.15, 0.2) is 60.9 Å². The number of aromatic amines is 1. The van der Waals surface area contributed by atoms with Crippen LogP contribution in [0.3, 0.4) is 0 Å². The van der Waals surface area contributed by atoms with E-state index in [1.54, 1.807) is 7.11 Å². The van der Waals surface area contributed by atoms with Gasteiger partial charge in [0, 0.05) is 41.5 Å². The Morgan fingerprint density at radius 2 is 1.46 bits per heavy atom. The molecule has 2 saturated carbocycles. The van der Waals surface area contributed by atoms with Gasteiger partial charge in [0.2, 0.25) is 0 Å². The van der Waals surface area contributed by atoms with Gasteiger partial charge >= 0.3 is 0 Å². The van der Waals surface area contributed by atoms with E-state index in [9.17, 15) is 0 Å². The fourth-order valence-electron chi connectivity index (χ4n) is 7.29. The zero-order chi connectivity index (χ0) is 28.2. The smallest absolute Gasteiger partial charge is 0.119 e. The number of ether oxygens (including phenoxy) is 1. The van der Waals surface area contributed by atoms with E-state index in [1.165, 1.54) is 69.6 Å². The minimum absolute atomic E-state index is 0.147. The normalized spacial score (nSPS) is 17.4. The third-order valence-corrected chi connectivity index (χ3v) is 9.73. The second-order valence-corrected chi connectivity index (χ2v) is 13.1. The minimum atomic E-state index is -0.147. The first-order valence-corrected chi connectivity index (χ1v) is 15.8. The number of hydrogen-bond donors (Lipinski definition) is 2. The van der Waals surface area contributed by atoms with Gasteiger partial charge < -0.3 is 15.0 Å². The molecule has 2 aromatic carbocycles. The Balaban J connectivity index is 1.31. The maximum absolute atomic E-state index is 5.44. The van der Waals surface area contributed by atoms with Gasteiger partial charge in [-0.1, -0.05) is 70.6 Å². The molecule has 0 spiro atoms. The predicted molar refractivity (Wildman–Crippen MR) is 169 cm³/mol. The van der Waals surface area contributed by atoms with Crippen LogP contribution < -0.4 is 10.1 Å². The Labute approximate surface area is 245 Å². The average molecular weight is 551 g/mol. The Bertz CT molecular complexity index is 1410. The van der Waals surface area contributed by atoms with Crippen molar-refractivity contribution >= 4 is 10.8 Å². The van der Waals surface area contributed by atoms with Crippen LogP contribution in [0.1, 0.15) is 83.9 Å². The van der Waals surface area contributed by atoms with Crippen molar-refractivity contribution in [3.8, 4) is 28.3 Å². The molecule has 0 bridgehead atoms. The van der Waals surface area contributed by atoms with Crippen molar-refractivity contribution in [3.63, 3.8) is 0 Å². The third-order valence-electron chi connectivity index (χ3n) is 9.73. The summed E-state index contributed by atoms with van der Waals surface area (Å²) in [6, 6.07) is 17.6. The lowest BCUT2D eigenvalue weighted by molar-refractivity contribution is 0.165. The summed E-state index contributed by atoms with van der Waals surface area (Å²) in [7, 11) is 1.71. The number of H-pyrrole nitrogens is 1. The quantitative estimate of drug-likeness (QED) is 0.219. The molecule has 216 valence electrons. The summed E-state index contributed by atoms with van der Waals surface area (Å²) >= 11 is 0. The number of imidazole rings is 1. The van der Waals surface area contributed by atoms with Crippen LogP contribution in [0.5, 0.6) is 5.75 Å². The van der Waals surface area contributed by atoms with Gasteiger partial charge in [-0.25, -0.2) is 4.98 Å². The molecule has 2 fully saturated rings. The number of pyridine rings is 1. The van der Waals surface area contributed by atoms with E-state index in [4.69, 9.17) is 9.72 Å². The summed E-state index contributed by atoms with van der Waals surface area (Å²) in [6.07, 6.45) is 17.7. The van der Waals surface area contributed by atoms with Crippen molar-refractivity contribution in [2.75, 3.05) is 13.7 Å². The molecule has 2 aliphatic rings. The van der Waals surface area contributed by atoms with Crippen LogP contribution in [-0.2, 0) is 5.41 Å². The molecule has 2 aromatic heterocycles. The fraction of sp³-hybridized carbons (Fsp3) is 0.500. The summed E-state index contributed by atoms with van der Waals surface area (Å²) in [5.74, 6) is 3.54. The van der Waals surface area contributed by atoms with E-state index < -0.39 is 0 Å². The molecular formula is C36H46N4O. The fourth-order valence-corrected chi connectivity index (χ4v) is 7.29. The molecule has 2 aliphatic carbocycles. The number of rotatable bonds is 9. The van der Waals surface area contributed by atoms with E-state index in [-0.39, 0.29) is 5.41 Å². The molecule has 0 aliphatic heterocycles. The number of nitrogens with one attached hydrogen (secondary N) is 2. The molecule has 0 saturated heterocycles. The Morgan fingerprint density at radius 3 is 2.12 bits per heavy atom. The van der Waals surface area contributed by atoms with Crippen LogP contribution in [0.2, 0.25) is 0 Å². The maximum atomic E-state index is 5.44. The highest BCUT2D eigenvalue weighted by atomic mass is 16.5. The van der Waals surface area contributed by atoms with Crippen molar-refractivity contribution in [1.82, 2.24) is 20.3 Å². The molecule has 0 unspecified atom stereocenters. The summed E-state index contributed by atoms with van der Waals surface area (Å²) in [5.41, 5.74) is 4.12. The van der Waals surface area contributed by atoms with E-state index >= 15 is 0 Å². The number of benzene rings is 2. The van der Waals surface area contributed by atoms with Gasteiger partial charge in [0.15, 0.2) is 0 Å². The Kier molecular flexibility index (Phi) is 8.43. The van der Waals surface area contributed by atoms with Gasteiger partial charge in [0.25, 0.3) is 0 Å². The number of fused-ring (bicyclic) bond motifs is 1. The van der Waals surface area contributed by atoms with Crippen LogP contribution in [0, 0.1) is 11.8 Å². The Hall–Kier alpha value is -3.18. The molecular weight excluding hydrogens is 504 g/mol. The van der Waals surface area contributed by atoms with Crippen molar-refractivity contribution < 1.29 is 4.74 Å². The number of methoxy groups -OCH3 is 1. The lowest BCUT2D eigenvalue weighted by Crippen LogP contribution is -2.48. The highest BCUT2D eigenvalue weighted by Crippen LogP contribution is 2.38. The van der Waals surface area contributed by atoms with Gasteiger partial charge in [-0.15, -0.1) is 0 Å². The first-order chi connectivity index (χ1) is 20.0. The number of nitrogens with zero attached hydrogens (tertiary/aromatic N) is 2. The van der Waals surface area contributed by atoms with Gasteiger partial charge in [0.05, 0.1) is 18.5 Å². The highest BCUT2D eigenvalue weighted by Gasteiger charge is 2.34. The van der Waals surface area contributed by atoms with E-state index in [0.29, 0.717) is 6.04 Å². The number of aromatic nitrogens is 3. The lowest BCUT2D eigenvalue weighted by Gasteiger charge is -2.40. The summed E-state index contributed by atoms with van der Waals surface area (Å²) < 4.78 is 5.44. The van der Waals surface area contributed by atoms with Crippen molar-refractivity contribution in [2.24, 2.45) is 11.8 Å². The van der Waals surface area contributed by atoms with Gasteiger partial charge in [-0.05, 0) is 78.6 Å². The zero-order valence-electron chi connectivity index (χ0n) is 25.1. The molecule has 0 radical (unpaired) electrons. The van der Waals surface area contributed by atoms with E-state index in [1.807, 2.05) is 18.5 Å². The molecule has 0 amide bonds. The van der Waals surface area contributed by atoms with E-state index in [2.05, 4.69) is 71.6 Å². The van der Waals surface area contributed by atoms with E-state index in [0.717, 1.165) is 57.9 Å². The zero-order valence-corrected chi connectivity index (χ0v) is 25.1. The van der Waals surface area contributed by atoms with Crippen LogP contribution >= 0.6 is 0 Å².